The van der Waals surface area contributed by atoms with E-state index in [9.17, 15) is 4.79 Å². The summed E-state index contributed by atoms with van der Waals surface area (Å²) in [5, 5.41) is 11.9. The normalized spacial score (nSPS) is 12.1. The van der Waals surface area contributed by atoms with Crippen molar-refractivity contribution in [2.24, 2.45) is 0 Å². The van der Waals surface area contributed by atoms with E-state index in [-0.39, 0.29) is 5.91 Å². The topological polar surface area (TPSA) is 62.7 Å². The minimum Gasteiger partial charge on any atom is -0.324 e. The molecule has 7 heteroatoms. The number of H-pyrrole nitrogens is 1. The van der Waals surface area contributed by atoms with Gasteiger partial charge in [-0.25, -0.2) is 0 Å². The van der Waals surface area contributed by atoms with Gasteiger partial charge < -0.3 is 5.32 Å². The van der Waals surface area contributed by atoms with Crippen LogP contribution in [0.5, 0.6) is 0 Å². The second-order valence-corrected chi connectivity index (χ2v) is 6.57. The summed E-state index contributed by atoms with van der Waals surface area (Å²) in [6, 6.07) is 11.1. The van der Waals surface area contributed by atoms with Crippen molar-refractivity contribution >= 4 is 35.1 Å². The van der Waals surface area contributed by atoms with Gasteiger partial charge in [-0.3, -0.25) is 14.5 Å². The molecule has 0 unspecified atom stereocenters. The summed E-state index contributed by atoms with van der Waals surface area (Å²) in [6.45, 7) is 3.82. The number of nitrogens with one attached hydrogen (secondary N) is 2. The van der Waals surface area contributed by atoms with E-state index in [2.05, 4.69) is 15.5 Å². The highest BCUT2D eigenvalue weighted by Crippen LogP contribution is 2.26. The van der Waals surface area contributed by atoms with E-state index in [0.717, 1.165) is 16.1 Å². The molecule has 0 saturated carbocycles. The lowest BCUT2D eigenvalue weighted by molar-refractivity contribution is -0.118. The number of carbonyl (C=O) groups excluding carboxylic acids is 1. The van der Waals surface area contributed by atoms with Crippen LogP contribution >= 0.6 is 23.6 Å². The van der Waals surface area contributed by atoms with E-state index < -0.39 is 6.04 Å². The second-order valence-electron chi connectivity index (χ2n) is 5.23. The maximum Gasteiger partial charge on any atom is 0.247 e. The zero-order valence-corrected chi connectivity index (χ0v) is 14.4. The number of hydrogen-bond acceptors (Lipinski definition) is 4. The molecule has 118 valence electrons. The Morgan fingerprint density at radius 1 is 1.35 bits per heavy atom. The van der Waals surface area contributed by atoms with Crippen LogP contribution in [0.1, 0.15) is 18.5 Å². The summed E-state index contributed by atoms with van der Waals surface area (Å²) in [7, 11) is 0. The third-order valence-corrected chi connectivity index (χ3v) is 4.69. The number of nitrogens with zero attached hydrogens (tertiary/aromatic N) is 2. The Hall–Kier alpha value is -2.25. The molecule has 2 N–H and O–H groups in total. The molecule has 1 atom stereocenters. The number of hydrogen-bond donors (Lipinski definition) is 2. The number of amides is 1. The Morgan fingerprint density at radius 2 is 2.09 bits per heavy atom. The number of aromatic nitrogens is 3. The Bertz CT molecular complexity index is 862. The molecule has 2 aromatic heterocycles. The number of rotatable bonds is 4. The monoisotopic (exact) mass is 344 g/mol. The molecule has 1 amide bonds. The molecule has 3 aromatic rings. The highest BCUT2D eigenvalue weighted by atomic mass is 32.1. The summed E-state index contributed by atoms with van der Waals surface area (Å²) >= 11 is 6.85. The molecule has 0 spiro atoms. The van der Waals surface area contributed by atoms with Crippen LogP contribution in [-0.4, -0.2) is 20.7 Å². The Labute approximate surface area is 143 Å². The largest absolute Gasteiger partial charge is 0.324 e. The molecule has 23 heavy (non-hydrogen) atoms. The van der Waals surface area contributed by atoms with Gasteiger partial charge in [-0.1, -0.05) is 23.8 Å². The number of thiophene rings is 1. The average Bonchev–Trinajstić information content (AvgIpc) is 3.18. The van der Waals surface area contributed by atoms with Gasteiger partial charge in [0, 0.05) is 5.69 Å². The fourth-order valence-electron chi connectivity index (χ4n) is 2.24. The highest BCUT2D eigenvalue weighted by Gasteiger charge is 2.21. The minimum absolute atomic E-state index is 0.135. The molecule has 5 nitrogen and oxygen atoms in total. The molecule has 0 aliphatic rings. The number of benzene rings is 1. The first-order chi connectivity index (χ1) is 11.1. The Balaban J connectivity index is 1.87. The number of aryl methyl sites for hydroxylation is 1. The van der Waals surface area contributed by atoms with Crippen molar-refractivity contribution in [2.75, 3.05) is 5.32 Å². The van der Waals surface area contributed by atoms with Crippen LogP contribution in [0.2, 0.25) is 0 Å². The Morgan fingerprint density at radius 3 is 2.74 bits per heavy atom. The van der Waals surface area contributed by atoms with E-state index in [1.807, 2.05) is 55.6 Å². The molecule has 0 aliphatic carbocycles. The van der Waals surface area contributed by atoms with E-state index in [4.69, 9.17) is 12.2 Å². The zero-order chi connectivity index (χ0) is 16.4. The molecular weight excluding hydrogens is 328 g/mol. The second kappa shape index (κ2) is 6.47. The van der Waals surface area contributed by atoms with E-state index >= 15 is 0 Å². The minimum atomic E-state index is -0.473. The fourth-order valence-corrected chi connectivity index (χ4v) is 3.24. The molecule has 0 radical (unpaired) electrons. The van der Waals surface area contributed by atoms with Gasteiger partial charge in [0.05, 0.1) is 4.88 Å². The fraction of sp³-hybridized carbons (Fsp3) is 0.188. The lowest BCUT2D eigenvalue weighted by Gasteiger charge is -2.15. The number of carbonyl (C=O) groups is 1. The van der Waals surface area contributed by atoms with E-state index in [0.29, 0.717) is 10.6 Å². The van der Waals surface area contributed by atoms with E-state index in [1.54, 1.807) is 15.9 Å². The van der Waals surface area contributed by atoms with Gasteiger partial charge >= 0.3 is 0 Å². The quantitative estimate of drug-likeness (QED) is 0.698. The lowest BCUT2D eigenvalue weighted by atomic mass is 10.2. The Kier molecular flexibility index (Phi) is 4.40. The van der Waals surface area contributed by atoms with Crippen LogP contribution in [0.15, 0.2) is 41.8 Å². The van der Waals surface area contributed by atoms with Crippen LogP contribution in [0.3, 0.4) is 0 Å². The van der Waals surface area contributed by atoms with Crippen LogP contribution in [0, 0.1) is 11.7 Å². The summed E-state index contributed by atoms with van der Waals surface area (Å²) in [6.07, 6.45) is 0. The van der Waals surface area contributed by atoms with Gasteiger partial charge in [0.1, 0.15) is 6.04 Å². The maximum absolute atomic E-state index is 12.6. The summed E-state index contributed by atoms with van der Waals surface area (Å²) in [5.41, 5.74) is 1.91. The standard InChI is InChI=1S/C16H16N4OS2/c1-10-5-7-12(8-6-10)17-15(21)11(2)20-14(18-19-16(20)22)13-4-3-9-23-13/h3-9,11H,1-2H3,(H,17,21)(H,19,22)/t11-/m1/s1. The van der Waals surface area contributed by atoms with Crippen LogP contribution < -0.4 is 5.32 Å². The van der Waals surface area contributed by atoms with Gasteiger partial charge in [0.25, 0.3) is 0 Å². The van der Waals surface area contributed by atoms with Crippen molar-refractivity contribution in [3.8, 4) is 10.7 Å². The van der Waals surface area contributed by atoms with Crippen LogP contribution in [0.4, 0.5) is 5.69 Å². The van der Waals surface area contributed by atoms with Gasteiger partial charge in [0.15, 0.2) is 10.6 Å². The van der Waals surface area contributed by atoms with Gasteiger partial charge in [-0.05, 0) is 49.6 Å². The number of anilines is 1. The van der Waals surface area contributed by atoms with Gasteiger partial charge in [0.2, 0.25) is 5.91 Å². The summed E-state index contributed by atoms with van der Waals surface area (Å²) < 4.78 is 2.17. The molecule has 1 aromatic carbocycles. The molecular formula is C16H16N4OS2. The smallest absolute Gasteiger partial charge is 0.247 e. The van der Waals surface area contributed by atoms with Crippen molar-refractivity contribution in [1.29, 1.82) is 0 Å². The lowest BCUT2D eigenvalue weighted by Crippen LogP contribution is -2.24. The van der Waals surface area contributed by atoms with Gasteiger partial charge in [-0.15, -0.1) is 11.3 Å². The van der Waals surface area contributed by atoms with Crippen molar-refractivity contribution < 1.29 is 4.79 Å². The molecule has 0 aliphatic heterocycles. The molecule has 0 fully saturated rings. The first-order valence-corrected chi connectivity index (χ1v) is 8.43. The number of aromatic amines is 1. The zero-order valence-electron chi connectivity index (χ0n) is 12.7. The average molecular weight is 344 g/mol. The predicted octanol–water partition coefficient (Wildman–Crippen LogP) is 4.18. The van der Waals surface area contributed by atoms with E-state index in [1.165, 1.54) is 0 Å². The molecule has 0 saturated heterocycles. The van der Waals surface area contributed by atoms with Crippen molar-refractivity contribution in [3.05, 3.63) is 52.1 Å². The summed E-state index contributed by atoms with van der Waals surface area (Å²) in [5.74, 6) is 0.542. The third kappa shape index (κ3) is 3.25. The first-order valence-electron chi connectivity index (χ1n) is 7.14. The van der Waals surface area contributed by atoms with Crippen molar-refractivity contribution in [3.63, 3.8) is 0 Å². The SMILES string of the molecule is Cc1ccc(NC(=O)[C@@H](C)n2c(-c3cccs3)n[nH]c2=S)cc1. The molecule has 0 bridgehead atoms. The highest BCUT2D eigenvalue weighted by molar-refractivity contribution is 7.71. The van der Waals surface area contributed by atoms with Crippen LogP contribution in [-0.2, 0) is 4.79 Å². The predicted molar refractivity (Wildman–Crippen MR) is 95.2 cm³/mol. The van der Waals surface area contributed by atoms with Gasteiger partial charge in [-0.2, -0.15) is 5.10 Å². The van der Waals surface area contributed by atoms with Crippen molar-refractivity contribution in [2.45, 2.75) is 19.9 Å². The first kappa shape index (κ1) is 15.6. The summed E-state index contributed by atoms with van der Waals surface area (Å²) in [4.78, 5) is 13.5. The van der Waals surface area contributed by atoms with Crippen molar-refractivity contribution in [1.82, 2.24) is 14.8 Å². The van der Waals surface area contributed by atoms with Crippen LogP contribution in [0.25, 0.3) is 10.7 Å². The third-order valence-electron chi connectivity index (χ3n) is 3.53. The molecule has 2 heterocycles. The maximum atomic E-state index is 12.6. The molecule has 3 rings (SSSR count).